The van der Waals surface area contributed by atoms with Crippen LogP contribution in [0.25, 0.3) is 0 Å². The van der Waals surface area contributed by atoms with Crippen LogP contribution in [0.4, 0.5) is 0 Å². The molecule has 0 unspecified atom stereocenters. The second kappa shape index (κ2) is 4.49. The van der Waals surface area contributed by atoms with Gasteiger partial charge in [-0.05, 0) is 43.7 Å². The molecule has 1 aromatic carbocycles. The fraction of sp³-hybridized carbons (Fsp3) is 0.500. The predicted molar refractivity (Wildman–Crippen MR) is 68.5 cm³/mol. The molecule has 1 fully saturated rings. The van der Waals surface area contributed by atoms with Crippen LogP contribution in [-0.2, 0) is 11.3 Å². The molecule has 1 aromatic rings. The highest BCUT2D eigenvalue weighted by molar-refractivity contribution is 5.83. The molecular weight excluding hydrogens is 212 g/mol. The van der Waals surface area contributed by atoms with Crippen LogP contribution in [0.1, 0.15) is 43.7 Å². The van der Waals surface area contributed by atoms with E-state index < -0.39 is 5.54 Å². The summed E-state index contributed by atoms with van der Waals surface area (Å²) in [5, 5.41) is 3.22. The third-order valence-corrected chi connectivity index (χ3v) is 3.41. The maximum absolute atomic E-state index is 11.2. The second-order valence-corrected chi connectivity index (χ2v) is 5.32. The van der Waals surface area contributed by atoms with Gasteiger partial charge in [0.2, 0.25) is 5.91 Å². The van der Waals surface area contributed by atoms with Crippen molar-refractivity contribution in [1.82, 2.24) is 5.32 Å². The maximum Gasteiger partial charge on any atom is 0.237 e. The molecule has 0 heterocycles. The lowest BCUT2D eigenvalue weighted by atomic mass is 10.0. The first kappa shape index (κ1) is 12.1. The van der Waals surface area contributed by atoms with E-state index >= 15 is 0 Å². The monoisotopic (exact) mass is 232 g/mol. The van der Waals surface area contributed by atoms with Crippen molar-refractivity contribution in [3.63, 3.8) is 0 Å². The fourth-order valence-electron chi connectivity index (χ4n) is 1.89. The number of carbonyl (C=O) groups is 1. The SMILES string of the molecule is CC(C)(NCc1ccccc1C1CC1)C(N)=O. The number of carbonyl (C=O) groups excluding carboxylic acids is 1. The van der Waals surface area contributed by atoms with Gasteiger partial charge < -0.3 is 5.73 Å². The lowest BCUT2D eigenvalue weighted by Gasteiger charge is -2.23. The summed E-state index contributed by atoms with van der Waals surface area (Å²) in [6.45, 7) is 4.33. The summed E-state index contributed by atoms with van der Waals surface area (Å²) < 4.78 is 0. The van der Waals surface area contributed by atoms with Gasteiger partial charge in [-0.15, -0.1) is 0 Å². The highest BCUT2D eigenvalue weighted by atomic mass is 16.1. The summed E-state index contributed by atoms with van der Waals surface area (Å²) in [7, 11) is 0. The van der Waals surface area contributed by atoms with E-state index in [1.165, 1.54) is 24.0 Å². The number of benzene rings is 1. The molecule has 0 aliphatic heterocycles. The number of amides is 1. The fourth-order valence-corrected chi connectivity index (χ4v) is 1.89. The molecule has 2 rings (SSSR count). The normalized spacial score (nSPS) is 15.9. The van der Waals surface area contributed by atoms with E-state index in [-0.39, 0.29) is 5.91 Å². The summed E-state index contributed by atoms with van der Waals surface area (Å²) in [5.41, 5.74) is 7.39. The van der Waals surface area contributed by atoms with E-state index in [1.54, 1.807) is 0 Å². The largest absolute Gasteiger partial charge is 0.368 e. The van der Waals surface area contributed by atoms with Gasteiger partial charge in [-0.25, -0.2) is 0 Å². The van der Waals surface area contributed by atoms with Crippen molar-refractivity contribution in [2.45, 2.75) is 44.7 Å². The zero-order valence-corrected chi connectivity index (χ0v) is 10.5. The Balaban J connectivity index is 2.06. The van der Waals surface area contributed by atoms with Gasteiger partial charge in [0, 0.05) is 6.54 Å². The Morgan fingerprint density at radius 2 is 2.06 bits per heavy atom. The second-order valence-electron chi connectivity index (χ2n) is 5.32. The van der Waals surface area contributed by atoms with Crippen molar-refractivity contribution < 1.29 is 4.79 Å². The Hall–Kier alpha value is -1.35. The standard InChI is InChI=1S/C14H20N2O/c1-14(2,13(15)17)16-9-11-5-3-4-6-12(11)10-7-8-10/h3-6,10,16H,7-9H2,1-2H3,(H2,15,17). The van der Waals surface area contributed by atoms with Crippen molar-refractivity contribution in [2.75, 3.05) is 0 Å². The van der Waals surface area contributed by atoms with Crippen molar-refractivity contribution in [2.24, 2.45) is 5.73 Å². The van der Waals surface area contributed by atoms with E-state index in [1.807, 2.05) is 19.9 Å². The van der Waals surface area contributed by atoms with E-state index in [0.717, 1.165) is 5.92 Å². The van der Waals surface area contributed by atoms with Crippen LogP contribution >= 0.6 is 0 Å². The van der Waals surface area contributed by atoms with Gasteiger partial charge in [0.1, 0.15) is 0 Å². The van der Waals surface area contributed by atoms with Crippen molar-refractivity contribution in [3.05, 3.63) is 35.4 Å². The molecule has 1 saturated carbocycles. The van der Waals surface area contributed by atoms with Crippen LogP contribution in [0.5, 0.6) is 0 Å². The Morgan fingerprint density at radius 1 is 1.41 bits per heavy atom. The lowest BCUT2D eigenvalue weighted by molar-refractivity contribution is -0.123. The first-order chi connectivity index (χ1) is 8.00. The van der Waals surface area contributed by atoms with Gasteiger partial charge in [-0.2, -0.15) is 0 Å². The number of hydrogen-bond acceptors (Lipinski definition) is 2. The van der Waals surface area contributed by atoms with E-state index in [4.69, 9.17) is 5.73 Å². The molecular formula is C14H20N2O. The van der Waals surface area contributed by atoms with Crippen LogP contribution in [0, 0.1) is 0 Å². The topological polar surface area (TPSA) is 55.1 Å². The molecule has 3 heteroatoms. The highest BCUT2D eigenvalue weighted by Gasteiger charge is 2.27. The van der Waals surface area contributed by atoms with Gasteiger partial charge in [0.15, 0.2) is 0 Å². The first-order valence-corrected chi connectivity index (χ1v) is 6.13. The molecule has 0 saturated heterocycles. The van der Waals surface area contributed by atoms with Gasteiger partial charge in [-0.1, -0.05) is 24.3 Å². The molecule has 0 bridgehead atoms. The average Bonchev–Trinajstić information content (AvgIpc) is 3.10. The highest BCUT2D eigenvalue weighted by Crippen LogP contribution is 2.41. The minimum absolute atomic E-state index is 0.318. The molecule has 0 radical (unpaired) electrons. The molecule has 0 aromatic heterocycles. The molecule has 92 valence electrons. The molecule has 3 nitrogen and oxygen atoms in total. The van der Waals surface area contributed by atoms with Crippen LogP contribution in [0.3, 0.4) is 0 Å². The van der Waals surface area contributed by atoms with Crippen molar-refractivity contribution in [3.8, 4) is 0 Å². The van der Waals surface area contributed by atoms with E-state index in [0.29, 0.717) is 6.54 Å². The molecule has 1 aliphatic rings. The van der Waals surface area contributed by atoms with E-state index in [9.17, 15) is 4.79 Å². The lowest BCUT2D eigenvalue weighted by Crippen LogP contribution is -2.50. The minimum Gasteiger partial charge on any atom is -0.368 e. The summed E-state index contributed by atoms with van der Waals surface area (Å²) in [4.78, 5) is 11.2. The third-order valence-electron chi connectivity index (χ3n) is 3.41. The van der Waals surface area contributed by atoms with Crippen LogP contribution in [0.2, 0.25) is 0 Å². The molecule has 0 spiro atoms. The zero-order chi connectivity index (χ0) is 12.5. The van der Waals surface area contributed by atoms with Crippen molar-refractivity contribution >= 4 is 5.91 Å². The summed E-state index contributed by atoms with van der Waals surface area (Å²) in [5.74, 6) is 0.408. The first-order valence-electron chi connectivity index (χ1n) is 6.13. The molecule has 3 N–H and O–H groups in total. The van der Waals surface area contributed by atoms with Gasteiger partial charge in [-0.3, -0.25) is 10.1 Å². The summed E-state index contributed by atoms with van der Waals surface area (Å²) in [6, 6.07) is 8.43. The smallest absolute Gasteiger partial charge is 0.237 e. The van der Waals surface area contributed by atoms with Crippen LogP contribution in [-0.4, -0.2) is 11.4 Å². The number of hydrogen-bond donors (Lipinski definition) is 2. The molecule has 1 aliphatic carbocycles. The number of rotatable bonds is 5. The van der Waals surface area contributed by atoms with Crippen molar-refractivity contribution in [1.29, 1.82) is 0 Å². The molecule has 0 atom stereocenters. The molecule has 1 amide bonds. The minimum atomic E-state index is -0.656. The van der Waals surface area contributed by atoms with Crippen LogP contribution < -0.4 is 11.1 Å². The van der Waals surface area contributed by atoms with Gasteiger partial charge in [0.05, 0.1) is 5.54 Å². The Kier molecular flexibility index (Phi) is 3.20. The predicted octanol–water partition coefficient (Wildman–Crippen LogP) is 1.92. The number of nitrogens with two attached hydrogens (primary N) is 1. The average molecular weight is 232 g/mol. The molecule has 17 heavy (non-hydrogen) atoms. The summed E-state index contributed by atoms with van der Waals surface area (Å²) >= 11 is 0. The van der Waals surface area contributed by atoms with E-state index in [2.05, 4.69) is 23.5 Å². The third kappa shape index (κ3) is 2.86. The zero-order valence-electron chi connectivity index (χ0n) is 10.5. The summed E-state index contributed by atoms with van der Waals surface area (Å²) in [6.07, 6.45) is 2.58. The Bertz CT molecular complexity index is 422. The number of nitrogens with one attached hydrogen (secondary N) is 1. The van der Waals surface area contributed by atoms with Crippen LogP contribution in [0.15, 0.2) is 24.3 Å². The Morgan fingerprint density at radius 3 is 2.65 bits per heavy atom. The Labute approximate surface area is 102 Å². The maximum atomic E-state index is 11.2. The van der Waals surface area contributed by atoms with Gasteiger partial charge >= 0.3 is 0 Å². The number of primary amides is 1. The quantitative estimate of drug-likeness (QED) is 0.815. The van der Waals surface area contributed by atoms with Gasteiger partial charge in [0.25, 0.3) is 0 Å².